The van der Waals surface area contributed by atoms with E-state index in [1.54, 1.807) is 19.9 Å². The number of aromatic nitrogens is 1. The maximum atomic E-state index is 12.2. The molecule has 8 nitrogen and oxygen atoms in total. The van der Waals surface area contributed by atoms with E-state index in [4.69, 9.17) is 0 Å². The average molecular weight is 384 g/mol. The lowest BCUT2D eigenvalue weighted by molar-refractivity contribution is -0.384. The second-order valence-corrected chi connectivity index (χ2v) is 6.72. The molecule has 0 aliphatic carbocycles. The molecule has 0 atom stereocenters. The lowest BCUT2D eigenvalue weighted by Gasteiger charge is -2.09. The number of benzene rings is 1. The van der Waals surface area contributed by atoms with Gasteiger partial charge in [-0.1, -0.05) is 17.8 Å². The first-order valence-corrected chi connectivity index (χ1v) is 8.82. The number of anilines is 1. The van der Waals surface area contributed by atoms with Crippen molar-refractivity contribution >= 4 is 34.8 Å². The van der Waals surface area contributed by atoms with Gasteiger partial charge in [0.1, 0.15) is 16.8 Å². The van der Waals surface area contributed by atoms with Crippen LogP contribution in [0, 0.1) is 35.3 Å². The third-order valence-corrected chi connectivity index (χ3v) is 4.63. The van der Waals surface area contributed by atoms with Gasteiger partial charge in [-0.2, -0.15) is 5.26 Å². The number of nitriles is 1. The van der Waals surface area contributed by atoms with Gasteiger partial charge in [-0.3, -0.25) is 19.7 Å². The number of hydrogen-bond acceptors (Lipinski definition) is 7. The van der Waals surface area contributed by atoms with E-state index in [2.05, 4.69) is 10.3 Å². The van der Waals surface area contributed by atoms with Crippen molar-refractivity contribution in [3.63, 3.8) is 0 Å². The van der Waals surface area contributed by atoms with Crippen LogP contribution in [0.3, 0.4) is 0 Å². The summed E-state index contributed by atoms with van der Waals surface area (Å²) in [5.74, 6) is -0.755. The number of pyridine rings is 1. The average Bonchev–Trinajstić information content (AvgIpc) is 2.61. The van der Waals surface area contributed by atoms with E-state index in [9.17, 15) is 25.0 Å². The van der Waals surface area contributed by atoms with E-state index in [1.165, 1.54) is 25.1 Å². The number of hydrogen-bond donors (Lipinski definition) is 1. The van der Waals surface area contributed by atoms with Crippen molar-refractivity contribution in [1.82, 2.24) is 4.98 Å². The van der Waals surface area contributed by atoms with Gasteiger partial charge in [0.15, 0.2) is 5.78 Å². The molecular weight excluding hydrogens is 368 g/mol. The van der Waals surface area contributed by atoms with Crippen LogP contribution in [0.4, 0.5) is 11.4 Å². The van der Waals surface area contributed by atoms with Gasteiger partial charge in [0.05, 0.1) is 16.2 Å². The molecule has 0 bridgehead atoms. The summed E-state index contributed by atoms with van der Waals surface area (Å²) in [5, 5.41) is 23.2. The number of nitrogens with one attached hydrogen (secondary N) is 1. The number of carbonyl (C=O) groups excluding carboxylic acids is 2. The van der Waals surface area contributed by atoms with Gasteiger partial charge in [0, 0.05) is 17.3 Å². The molecule has 138 valence electrons. The monoisotopic (exact) mass is 384 g/mol. The summed E-state index contributed by atoms with van der Waals surface area (Å²) < 4.78 is 0. The summed E-state index contributed by atoms with van der Waals surface area (Å²) in [4.78, 5) is 38.5. The van der Waals surface area contributed by atoms with E-state index < -0.39 is 10.8 Å². The van der Waals surface area contributed by atoms with E-state index >= 15 is 0 Å². The van der Waals surface area contributed by atoms with Crippen LogP contribution in [-0.4, -0.2) is 27.4 Å². The molecule has 0 radical (unpaired) electrons. The standard InChI is InChI=1S/C18H16N4O4S/c1-10-4-5-15(16(6-10)22(25)26)21-17(24)9-27-18-13(8-19)7-14(12(3)23)11(2)20-18/h4-7H,9H2,1-3H3,(H,21,24). The molecule has 0 aliphatic rings. The Balaban J connectivity index is 2.15. The minimum atomic E-state index is -0.561. The number of Topliss-reactive ketones (excluding diaryl/α,β-unsaturated/α-hetero) is 1. The zero-order chi connectivity index (χ0) is 20.1. The molecule has 0 spiro atoms. The fraction of sp³-hybridized carbons (Fsp3) is 0.222. The van der Waals surface area contributed by atoms with E-state index in [0.29, 0.717) is 21.8 Å². The van der Waals surface area contributed by atoms with Crippen molar-refractivity contribution in [2.45, 2.75) is 25.8 Å². The molecule has 1 aromatic carbocycles. The van der Waals surface area contributed by atoms with Crippen LogP contribution in [0.1, 0.15) is 34.1 Å². The zero-order valence-corrected chi connectivity index (χ0v) is 15.7. The fourth-order valence-electron chi connectivity index (χ4n) is 2.35. The van der Waals surface area contributed by atoms with Gasteiger partial charge in [-0.15, -0.1) is 0 Å². The van der Waals surface area contributed by atoms with Gasteiger partial charge in [-0.25, -0.2) is 4.98 Å². The normalized spacial score (nSPS) is 10.1. The maximum Gasteiger partial charge on any atom is 0.293 e. The Morgan fingerprint density at radius 3 is 2.63 bits per heavy atom. The number of nitrogens with zero attached hydrogens (tertiary/aromatic N) is 3. The summed E-state index contributed by atoms with van der Waals surface area (Å²) >= 11 is 1.02. The first-order chi connectivity index (χ1) is 12.7. The quantitative estimate of drug-likeness (QED) is 0.350. The summed E-state index contributed by atoms with van der Waals surface area (Å²) in [7, 11) is 0. The van der Waals surface area contributed by atoms with Crippen molar-refractivity contribution in [3.05, 3.63) is 56.8 Å². The largest absolute Gasteiger partial charge is 0.320 e. The van der Waals surface area contributed by atoms with Crippen molar-refractivity contribution in [3.8, 4) is 6.07 Å². The number of nitro benzene ring substituents is 1. The Kier molecular flexibility index (Phi) is 6.26. The Bertz CT molecular complexity index is 982. The van der Waals surface area contributed by atoms with Gasteiger partial charge < -0.3 is 5.32 Å². The molecule has 0 fully saturated rings. The van der Waals surface area contributed by atoms with Crippen molar-refractivity contribution in [2.24, 2.45) is 0 Å². The third kappa shape index (κ3) is 4.89. The molecule has 1 aromatic heterocycles. The summed E-state index contributed by atoms with van der Waals surface area (Å²) in [5.41, 5.74) is 1.65. The van der Waals surface area contributed by atoms with Crippen molar-refractivity contribution in [2.75, 3.05) is 11.1 Å². The molecule has 2 aromatic rings. The third-order valence-electron chi connectivity index (χ3n) is 3.64. The van der Waals surface area contributed by atoms with Crippen LogP contribution < -0.4 is 5.32 Å². The number of aryl methyl sites for hydroxylation is 2. The van der Waals surface area contributed by atoms with Crippen molar-refractivity contribution in [1.29, 1.82) is 5.26 Å². The molecule has 1 amide bonds. The first-order valence-electron chi connectivity index (χ1n) is 7.83. The SMILES string of the molecule is CC(=O)c1cc(C#N)c(SCC(=O)Nc2ccc(C)cc2[N+](=O)[O-])nc1C. The Morgan fingerprint density at radius 2 is 2.04 bits per heavy atom. The van der Waals surface area contributed by atoms with Crippen LogP contribution in [-0.2, 0) is 4.79 Å². The number of ketones is 1. The van der Waals surface area contributed by atoms with Gasteiger partial charge >= 0.3 is 0 Å². The second kappa shape index (κ2) is 8.42. The minimum absolute atomic E-state index is 0.0917. The van der Waals surface area contributed by atoms with Gasteiger partial charge in [-0.05, 0) is 38.5 Å². The smallest absolute Gasteiger partial charge is 0.293 e. The highest BCUT2D eigenvalue weighted by Crippen LogP contribution is 2.27. The van der Waals surface area contributed by atoms with E-state index in [0.717, 1.165) is 11.8 Å². The summed E-state index contributed by atoms with van der Waals surface area (Å²) in [6.07, 6.45) is 0. The predicted octanol–water partition coefficient (Wildman–Crippen LogP) is 3.41. The Labute approximate surface area is 159 Å². The number of thioether (sulfide) groups is 1. The summed E-state index contributed by atoms with van der Waals surface area (Å²) in [6.45, 7) is 4.76. The number of amides is 1. The second-order valence-electron chi connectivity index (χ2n) is 5.76. The minimum Gasteiger partial charge on any atom is -0.320 e. The van der Waals surface area contributed by atoms with Crippen LogP contribution in [0.2, 0.25) is 0 Å². The lowest BCUT2D eigenvalue weighted by atomic mass is 10.1. The van der Waals surface area contributed by atoms with Crippen molar-refractivity contribution < 1.29 is 14.5 Å². The van der Waals surface area contributed by atoms with Gasteiger partial charge in [0.2, 0.25) is 5.91 Å². The molecule has 9 heteroatoms. The number of carbonyl (C=O) groups is 2. The van der Waals surface area contributed by atoms with Crippen LogP contribution in [0.15, 0.2) is 29.3 Å². The number of rotatable bonds is 6. The van der Waals surface area contributed by atoms with Gasteiger partial charge in [0.25, 0.3) is 5.69 Å². The molecular formula is C18H16N4O4S. The van der Waals surface area contributed by atoms with E-state index in [1.807, 2.05) is 6.07 Å². The van der Waals surface area contributed by atoms with Crippen LogP contribution >= 0.6 is 11.8 Å². The highest BCUT2D eigenvalue weighted by molar-refractivity contribution is 8.00. The highest BCUT2D eigenvalue weighted by Gasteiger charge is 2.18. The molecule has 0 saturated carbocycles. The van der Waals surface area contributed by atoms with Crippen LogP contribution in [0.25, 0.3) is 0 Å². The molecule has 0 aliphatic heterocycles. The Hall–Kier alpha value is -3.25. The Morgan fingerprint density at radius 1 is 1.33 bits per heavy atom. The number of nitro groups is 1. The highest BCUT2D eigenvalue weighted by atomic mass is 32.2. The van der Waals surface area contributed by atoms with E-state index in [-0.39, 0.29) is 28.5 Å². The summed E-state index contributed by atoms with van der Waals surface area (Å²) in [6, 6.07) is 7.93. The molecule has 27 heavy (non-hydrogen) atoms. The fourth-order valence-corrected chi connectivity index (χ4v) is 3.15. The zero-order valence-electron chi connectivity index (χ0n) is 14.9. The van der Waals surface area contributed by atoms with Crippen LogP contribution in [0.5, 0.6) is 0 Å². The molecule has 1 N–H and O–H groups in total. The molecule has 0 saturated heterocycles. The molecule has 2 rings (SSSR count). The first kappa shape index (κ1) is 20.1. The molecule has 1 heterocycles. The maximum absolute atomic E-state index is 12.2. The topological polar surface area (TPSA) is 126 Å². The lowest BCUT2D eigenvalue weighted by Crippen LogP contribution is -2.15. The predicted molar refractivity (Wildman–Crippen MR) is 101 cm³/mol. The molecule has 0 unspecified atom stereocenters.